The molecule has 3 nitrogen and oxygen atoms in total. The molecule has 138 valence electrons. The zero-order valence-electron chi connectivity index (χ0n) is 14.3. The second kappa shape index (κ2) is 6.28. The topological polar surface area (TPSA) is 37.2 Å². The van der Waals surface area contributed by atoms with Gasteiger partial charge in [0.15, 0.2) is 0 Å². The van der Waals surface area contributed by atoms with E-state index in [0.29, 0.717) is 31.7 Å². The van der Waals surface area contributed by atoms with E-state index in [1.54, 1.807) is 6.20 Å². The molecule has 0 fully saturated rings. The smallest absolute Gasteiger partial charge is 0.385 e. The monoisotopic (exact) mass is 362 g/mol. The van der Waals surface area contributed by atoms with Crippen LogP contribution in [0.2, 0.25) is 0 Å². The highest BCUT2D eigenvalue weighted by atomic mass is 19.4. The molecule has 0 saturated heterocycles. The second-order valence-electron chi connectivity index (χ2n) is 7.11. The predicted molar refractivity (Wildman–Crippen MR) is 93.8 cm³/mol. The molecule has 0 radical (unpaired) electrons. The Morgan fingerprint density at radius 2 is 1.96 bits per heavy atom. The quantitative estimate of drug-likeness (QED) is 0.877. The first-order valence-corrected chi connectivity index (χ1v) is 8.83. The lowest BCUT2D eigenvalue weighted by Crippen LogP contribution is -2.45. The SMILES string of the molecule is OC1(CCc2ccccc2)C=C2CNCCn3ccc(c32)C1C(F)(F)F. The number of hydrogen-bond acceptors (Lipinski definition) is 2. The van der Waals surface area contributed by atoms with Gasteiger partial charge in [-0.3, -0.25) is 0 Å². The number of aliphatic hydroxyl groups is 1. The molecule has 2 unspecified atom stereocenters. The number of nitrogens with one attached hydrogen (secondary N) is 1. The Bertz CT molecular complexity index is 825. The first-order chi connectivity index (χ1) is 12.4. The van der Waals surface area contributed by atoms with Crippen molar-refractivity contribution in [2.75, 3.05) is 13.1 Å². The van der Waals surface area contributed by atoms with Crippen molar-refractivity contribution in [3.05, 3.63) is 65.5 Å². The van der Waals surface area contributed by atoms with Gasteiger partial charge in [0.25, 0.3) is 0 Å². The fourth-order valence-corrected chi connectivity index (χ4v) is 4.22. The zero-order chi connectivity index (χ0) is 18.4. The van der Waals surface area contributed by atoms with Crippen LogP contribution in [0.4, 0.5) is 13.2 Å². The number of nitrogens with zero attached hydrogens (tertiary/aromatic N) is 1. The van der Waals surface area contributed by atoms with E-state index in [4.69, 9.17) is 0 Å². The highest BCUT2D eigenvalue weighted by Crippen LogP contribution is 2.51. The summed E-state index contributed by atoms with van der Waals surface area (Å²) in [6.45, 7) is 1.78. The fourth-order valence-electron chi connectivity index (χ4n) is 4.22. The van der Waals surface area contributed by atoms with Crippen LogP contribution in [0.3, 0.4) is 0 Å². The van der Waals surface area contributed by atoms with Gasteiger partial charge in [-0.25, -0.2) is 0 Å². The first kappa shape index (κ1) is 17.4. The minimum absolute atomic E-state index is 0.0231. The van der Waals surface area contributed by atoms with Crippen LogP contribution in [-0.2, 0) is 13.0 Å². The summed E-state index contributed by atoms with van der Waals surface area (Å²) in [5.41, 5.74) is 0.520. The fraction of sp³-hybridized carbons (Fsp3) is 0.400. The molecule has 6 heteroatoms. The highest BCUT2D eigenvalue weighted by Gasteiger charge is 2.56. The molecule has 2 aromatic rings. The van der Waals surface area contributed by atoms with Gasteiger partial charge in [0.2, 0.25) is 0 Å². The summed E-state index contributed by atoms with van der Waals surface area (Å²) >= 11 is 0. The van der Waals surface area contributed by atoms with E-state index in [2.05, 4.69) is 5.32 Å². The van der Waals surface area contributed by atoms with Crippen LogP contribution in [0.5, 0.6) is 0 Å². The van der Waals surface area contributed by atoms with Crippen LogP contribution in [0, 0.1) is 0 Å². The summed E-state index contributed by atoms with van der Waals surface area (Å²) in [6.07, 6.45) is -0.958. The molecule has 1 aromatic carbocycles. The second-order valence-corrected chi connectivity index (χ2v) is 7.11. The Kier molecular flexibility index (Phi) is 4.20. The molecule has 2 aliphatic rings. The number of hydrogen-bond donors (Lipinski definition) is 2. The lowest BCUT2D eigenvalue weighted by atomic mass is 9.72. The lowest BCUT2D eigenvalue weighted by Gasteiger charge is -2.39. The van der Waals surface area contributed by atoms with E-state index in [1.807, 2.05) is 34.9 Å². The van der Waals surface area contributed by atoms with E-state index in [0.717, 1.165) is 11.1 Å². The van der Waals surface area contributed by atoms with Crippen LogP contribution < -0.4 is 5.32 Å². The maximum Gasteiger partial charge on any atom is 0.398 e. The number of benzene rings is 1. The summed E-state index contributed by atoms with van der Waals surface area (Å²) < 4.78 is 43.8. The molecule has 2 atom stereocenters. The van der Waals surface area contributed by atoms with Gasteiger partial charge in [0, 0.05) is 31.5 Å². The van der Waals surface area contributed by atoms with E-state index >= 15 is 0 Å². The van der Waals surface area contributed by atoms with Crippen molar-refractivity contribution in [1.29, 1.82) is 0 Å². The molecule has 0 bridgehead atoms. The Morgan fingerprint density at radius 3 is 2.69 bits per heavy atom. The van der Waals surface area contributed by atoms with Crippen LogP contribution in [0.25, 0.3) is 5.57 Å². The third-order valence-corrected chi connectivity index (χ3v) is 5.36. The van der Waals surface area contributed by atoms with E-state index in [9.17, 15) is 18.3 Å². The molecule has 2 N–H and O–H groups in total. The third-order valence-electron chi connectivity index (χ3n) is 5.36. The summed E-state index contributed by atoms with van der Waals surface area (Å²) in [5.74, 6) is -1.91. The van der Waals surface area contributed by atoms with Crippen molar-refractivity contribution in [1.82, 2.24) is 9.88 Å². The number of aryl methyl sites for hydroxylation is 1. The zero-order valence-corrected chi connectivity index (χ0v) is 14.3. The minimum atomic E-state index is -4.52. The average Bonchev–Trinajstić information content (AvgIpc) is 2.88. The number of halogens is 3. The Morgan fingerprint density at radius 1 is 1.19 bits per heavy atom. The first-order valence-electron chi connectivity index (χ1n) is 8.83. The van der Waals surface area contributed by atoms with Crippen molar-refractivity contribution in [3.63, 3.8) is 0 Å². The van der Waals surface area contributed by atoms with Crippen LogP contribution in [-0.4, -0.2) is 34.5 Å². The van der Waals surface area contributed by atoms with Crippen LogP contribution in [0.1, 0.15) is 29.2 Å². The molecule has 1 aromatic heterocycles. The summed E-state index contributed by atoms with van der Waals surface area (Å²) in [5, 5.41) is 14.4. The average molecular weight is 362 g/mol. The summed E-state index contributed by atoms with van der Waals surface area (Å²) in [6, 6.07) is 10.8. The largest absolute Gasteiger partial charge is 0.398 e. The van der Waals surface area contributed by atoms with Gasteiger partial charge >= 0.3 is 6.18 Å². The highest BCUT2D eigenvalue weighted by molar-refractivity contribution is 5.73. The van der Waals surface area contributed by atoms with Crippen molar-refractivity contribution in [2.45, 2.75) is 37.1 Å². The molecule has 1 aliphatic heterocycles. The third kappa shape index (κ3) is 2.97. The van der Waals surface area contributed by atoms with Crippen LogP contribution in [0.15, 0.2) is 48.7 Å². The summed E-state index contributed by atoms with van der Waals surface area (Å²) in [7, 11) is 0. The lowest BCUT2D eigenvalue weighted by molar-refractivity contribution is -0.188. The van der Waals surface area contributed by atoms with Gasteiger partial charge in [0.05, 0.1) is 5.60 Å². The number of alkyl halides is 3. The Labute approximate surface area is 150 Å². The molecule has 0 saturated carbocycles. The Hall–Kier alpha value is -2.05. The van der Waals surface area contributed by atoms with Gasteiger partial charge in [0.1, 0.15) is 5.92 Å². The number of aromatic nitrogens is 1. The molecule has 4 rings (SSSR count). The van der Waals surface area contributed by atoms with E-state index in [1.165, 1.54) is 12.1 Å². The molecular formula is C20H21F3N2O. The van der Waals surface area contributed by atoms with E-state index < -0.39 is 17.7 Å². The Balaban J connectivity index is 1.76. The molecule has 26 heavy (non-hydrogen) atoms. The predicted octanol–water partition coefficient (Wildman–Crippen LogP) is 3.50. The van der Waals surface area contributed by atoms with Gasteiger partial charge < -0.3 is 15.0 Å². The van der Waals surface area contributed by atoms with Crippen molar-refractivity contribution < 1.29 is 18.3 Å². The van der Waals surface area contributed by atoms with Crippen LogP contribution >= 0.6 is 0 Å². The maximum atomic E-state index is 14.0. The van der Waals surface area contributed by atoms with Gasteiger partial charge in [-0.2, -0.15) is 13.2 Å². The molecule has 0 spiro atoms. The van der Waals surface area contributed by atoms with Gasteiger partial charge in [-0.15, -0.1) is 0 Å². The van der Waals surface area contributed by atoms with Crippen molar-refractivity contribution in [2.24, 2.45) is 0 Å². The molecule has 1 aliphatic carbocycles. The minimum Gasteiger partial charge on any atom is -0.385 e. The molecule has 0 amide bonds. The maximum absolute atomic E-state index is 14.0. The van der Waals surface area contributed by atoms with Gasteiger partial charge in [-0.05, 0) is 41.7 Å². The van der Waals surface area contributed by atoms with Crippen molar-refractivity contribution >= 4 is 5.57 Å². The molecular weight excluding hydrogens is 341 g/mol. The standard InChI is InChI=1S/C20H21F3N2O/c21-20(22,23)18-16-7-10-25-11-9-24-13-15(17(16)25)12-19(18,26)8-6-14-4-2-1-3-5-14/h1-5,7,10,12,18,24,26H,6,8-9,11,13H2. The van der Waals surface area contributed by atoms with Crippen molar-refractivity contribution in [3.8, 4) is 0 Å². The summed E-state index contributed by atoms with van der Waals surface area (Å²) in [4.78, 5) is 0. The van der Waals surface area contributed by atoms with E-state index in [-0.39, 0.29) is 12.0 Å². The van der Waals surface area contributed by atoms with Gasteiger partial charge in [-0.1, -0.05) is 30.3 Å². The molecule has 2 heterocycles. The number of rotatable bonds is 3. The normalized spacial score (nSPS) is 25.4.